The van der Waals surface area contributed by atoms with Crippen LogP contribution in [0.2, 0.25) is 0 Å². The third kappa shape index (κ3) is 4.42. The Morgan fingerprint density at radius 1 is 1.41 bits per heavy atom. The Bertz CT molecular complexity index is 365. The van der Waals surface area contributed by atoms with E-state index in [0.717, 1.165) is 5.56 Å². The molecule has 0 saturated heterocycles. The van der Waals surface area contributed by atoms with Crippen LogP contribution < -0.4 is 11.1 Å². The average Bonchev–Trinajstić information content (AvgIpc) is 2.31. The maximum atomic E-state index is 11.6. The number of nitrogens with one attached hydrogen (secondary N) is 1. The molecule has 0 aromatic heterocycles. The molecular formula is C12H18N2O3. The van der Waals surface area contributed by atoms with Crippen molar-refractivity contribution >= 4 is 5.91 Å². The molecule has 0 radical (unpaired) electrons. The maximum absolute atomic E-state index is 11.6. The molecule has 1 aromatic carbocycles. The second-order valence-electron chi connectivity index (χ2n) is 4.07. The molecule has 5 N–H and O–H groups in total. The van der Waals surface area contributed by atoms with Gasteiger partial charge in [-0.2, -0.15) is 0 Å². The fraction of sp³-hybridized carbons (Fsp3) is 0.417. The zero-order chi connectivity index (χ0) is 12.8. The number of aliphatic hydroxyl groups is 1. The zero-order valence-electron chi connectivity index (χ0n) is 9.76. The van der Waals surface area contributed by atoms with E-state index in [1.165, 1.54) is 0 Å². The lowest BCUT2D eigenvalue weighted by atomic mass is 10.1. The van der Waals surface area contributed by atoms with Crippen molar-refractivity contribution in [2.24, 2.45) is 5.73 Å². The molecule has 0 heterocycles. The molecule has 2 atom stereocenters. The van der Waals surface area contributed by atoms with Crippen LogP contribution in [0.4, 0.5) is 0 Å². The number of aromatic hydroxyl groups is 1. The molecular weight excluding hydrogens is 220 g/mol. The van der Waals surface area contributed by atoms with Crippen molar-refractivity contribution in [1.82, 2.24) is 5.32 Å². The lowest BCUT2D eigenvalue weighted by Crippen LogP contribution is -2.46. The Labute approximate surface area is 100 Å². The first kappa shape index (κ1) is 13.5. The summed E-state index contributed by atoms with van der Waals surface area (Å²) in [5.74, 6) is -0.111. The highest BCUT2D eigenvalue weighted by molar-refractivity contribution is 5.82. The summed E-state index contributed by atoms with van der Waals surface area (Å²) in [5, 5.41) is 20.5. The fourth-order valence-electron chi connectivity index (χ4n) is 1.37. The van der Waals surface area contributed by atoms with Crippen molar-refractivity contribution < 1.29 is 15.0 Å². The van der Waals surface area contributed by atoms with Crippen molar-refractivity contribution in [1.29, 1.82) is 0 Å². The van der Waals surface area contributed by atoms with Crippen molar-refractivity contribution in [2.45, 2.75) is 25.4 Å². The number of aliphatic hydroxyl groups excluding tert-OH is 1. The van der Waals surface area contributed by atoms with E-state index in [1.54, 1.807) is 31.2 Å². The molecule has 1 amide bonds. The number of phenolic OH excluding ortho intramolecular Hbond substituents is 1. The molecule has 0 aliphatic heterocycles. The monoisotopic (exact) mass is 238 g/mol. The molecule has 5 heteroatoms. The molecule has 0 saturated carbocycles. The highest BCUT2D eigenvalue weighted by Crippen LogP contribution is 2.10. The third-order valence-corrected chi connectivity index (χ3v) is 2.39. The van der Waals surface area contributed by atoms with Gasteiger partial charge in [-0.3, -0.25) is 4.79 Å². The van der Waals surface area contributed by atoms with Crippen LogP contribution in [0.15, 0.2) is 24.3 Å². The maximum Gasteiger partial charge on any atom is 0.237 e. The van der Waals surface area contributed by atoms with Gasteiger partial charge in [0.1, 0.15) is 5.75 Å². The van der Waals surface area contributed by atoms with Crippen LogP contribution >= 0.6 is 0 Å². The highest BCUT2D eigenvalue weighted by Gasteiger charge is 2.15. The number of hydrogen-bond donors (Lipinski definition) is 4. The standard InChI is InChI=1S/C12H18N2O3/c1-8(7-15)14-12(17)11(13)6-9-2-4-10(16)5-3-9/h2-5,8,11,15-16H,6-7,13H2,1H3,(H,14,17). The highest BCUT2D eigenvalue weighted by atomic mass is 16.3. The molecule has 0 aliphatic carbocycles. The van der Waals surface area contributed by atoms with Gasteiger partial charge in [-0.25, -0.2) is 0 Å². The normalized spacial score (nSPS) is 14.1. The molecule has 1 rings (SSSR count). The van der Waals surface area contributed by atoms with Crippen LogP contribution in [0.1, 0.15) is 12.5 Å². The number of amides is 1. The van der Waals surface area contributed by atoms with Crippen molar-refractivity contribution in [3.05, 3.63) is 29.8 Å². The largest absolute Gasteiger partial charge is 0.508 e. The number of carbonyl (C=O) groups is 1. The van der Waals surface area contributed by atoms with E-state index < -0.39 is 6.04 Å². The van der Waals surface area contributed by atoms with Gasteiger partial charge in [-0.05, 0) is 31.0 Å². The number of hydrogen-bond acceptors (Lipinski definition) is 4. The Balaban J connectivity index is 2.51. The van der Waals surface area contributed by atoms with Crippen LogP contribution in [-0.4, -0.2) is 34.8 Å². The van der Waals surface area contributed by atoms with Crippen LogP contribution in [0.3, 0.4) is 0 Å². The fourth-order valence-corrected chi connectivity index (χ4v) is 1.37. The summed E-state index contributed by atoms with van der Waals surface area (Å²) >= 11 is 0. The van der Waals surface area contributed by atoms with E-state index >= 15 is 0 Å². The van der Waals surface area contributed by atoms with E-state index in [2.05, 4.69) is 5.32 Å². The van der Waals surface area contributed by atoms with Crippen molar-refractivity contribution in [3.63, 3.8) is 0 Å². The Morgan fingerprint density at radius 2 is 2.00 bits per heavy atom. The first-order chi connectivity index (χ1) is 8.02. The minimum absolute atomic E-state index is 0.113. The molecule has 0 spiro atoms. The van der Waals surface area contributed by atoms with Gasteiger partial charge in [0.2, 0.25) is 5.91 Å². The molecule has 1 aromatic rings. The molecule has 17 heavy (non-hydrogen) atoms. The average molecular weight is 238 g/mol. The summed E-state index contributed by atoms with van der Waals surface area (Å²) in [5.41, 5.74) is 6.61. The van der Waals surface area contributed by atoms with E-state index in [1.807, 2.05) is 0 Å². The summed E-state index contributed by atoms with van der Waals surface area (Å²) < 4.78 is 0. The van der Waals surface area contributed by atoms with E-state index in [9.17, 15) is 4.79 Å². The summed E-state index contributed by atoms with van der Waals surface area (Å²) in [6.07, 6.45) is 0.393. The molecule has 2 unspecified atom stereocenters. The lowest BCUT2D eigenvalue weighted by molar-refractivity contribution is -0.123. The first-order valence-electron chi connectivity index (χ1n) is 5.47. The lowest BCUT2D eigenvalue weighted by Gasteiger charge is -2.15. The van der Waals surface area contributed by atoms with E-state index in [4.69, 9.17) is 15.9 Å². The Morgan fingerprint density at radius 3 is 2.53 bits per heavy atom. The second-order valence-corrected chi connectivity index (χ2v) is 4.07. The molecule has 0 aliphatic rings. The minimum Gasteiger partial charge on any atom is -0.508 e. The minimum atomic E-state index is -0.659. The summed E-state index contributed by atoms with van der Waals surface area (Å²) in [7, 11) is 0. The van der Waals surface area contributed by atoms with Gasteiger partial charge in [0.05, 0.1) is 12.6 Å². The Kier molecular flexibility index (Phi) is 4.93. The Hall–Kier alpha value is -1.59. The smallest absolute Gasteiger partial charge is 0.237 e. The molecule has 94 valence electrons. The first-order valence-corrected chi connectivity index (χ1v) is 5.47. The van der Waals surface area contributed by atoms with E-state index in [0.29, 0.717) is 6.42 Å². The summed E-state index contributed by atoms with van der Waals surface area (Å²) in [6.45, 7) is 1.59. The van der Waals surface area contributed by atoms with Gasteiger partial charge in [0, 0.05) is 6.04 Å². The predicted molar refractivity (Wildman–Crippen MR) is 64.5 cm³/mol. The molecule has 0 fully saturated rings. The van der Waals surface area contributed by atoms with E-state index in [-0.39, 0.29) is 24.3 Å². The van der Waals surface area contributed by atoms with Crippen LogP contribution in [0.5, 0.6) is 5.75 Å². The van der Waals surface area contributed by atoms with Crippen molar-refractivity contribution in [2.75, 3.05) is 6.61 Å². The second kappa shape index (κ2) is 6.22. The zero-order valence-corrected chi connectivity index (χ0v) is 9.76. The predicted octanol–water partition coefficient (Wildman–Crippen LogP) is -0.241. The SMILES string of the molecule is CC(CO)NC(=O)C(N)Cc1ccc(O)cc1. The number of phenols is 1. The van der Waals surface area contributed by atoms with Gasteiger partial charge in [-0.1, -0.05) is 12.1 Å². The van der Waals surface area contributed by atoms with Crippen LogP contribution in [0.25, 0.3) is 0 Å². The molecule has 5 nitrogen and oxygen atoms in total. The van der Waals surface area contributed by atoms with Gasteiger partial charge >= 0.3 is 0 Å². The summed E-state index contributed by atoms with van der Waals surface area (Å²) in [6, 6.07) is 5.59. The number of rotatable bonds is 5. The quantitative estimate of drug-likeness (QED) is 0.569. The number of benzene rings is 1. The van der Waals surface area contributed by atoms with Gasteiger partial charge < -0.3 is 21.3 Å². The topological polar surface area (TPSA) is 95.6 Å². The number of nitrogens with two attached hydrogens (primary N) is 1. The number of carbonyl (C=O) groups excluding carboxylic acids is 1. The van der Waals surface area contributed by atoms with Crippen LogP contribution in [-0.2, 0) is 11.2 Å². The van der Waals surface area contributed by atoms with Crippen molar-refractivity contribution in [3.8, 4) is 5.75 Å². The molecule has 0 bridgehead atoms. The third-order valence-electron chi connectivity index (χ3n) is 2.39. The van der Waals surface area contributed by atoms with Crippen LogP contribution in [0, 0.1) is 0 Å². The summed E-state index contributed by atoms with van der Waals surface area (Å²) in [4.78, 5) is 11.6. The van der Waals surface area contributed by atoms with Gasteiger partial charge in [-0.15, -0.1) is 0 Å². The van der Waals surface area contributed by atoms with Gasteiger partial charge in [0.25, 0.3) is 0 Å². The van der Waals surface area contributed by atoms with Gasteiger partial charge in [0.15, 0.2) is 0 Å².